The van der Waals surface area contributed by atoms with Crippen molar-refractivity contribution in [2.75, 3.05) is 29.9 Å². The van der Waals surface area contributed by atoms with Gasteiger partial charge in [0, 0.05) is 19.3 Å². The van der Waals surface area contributed by atoms with Gasteiger partial charge in [0.1, 0.15) is 11.6 Å². The van der Waals surface area contributed by atoms with Gasteiger partial charge >= 0.3 is 0 Å². The minimum atomic E-state index is -0.0930. The number of pyridine rings is 1. The van der Waals surface area contributed by atoms with E-state index < -0.39 is 0 Å². The molecule has 3 heterocycles. The quantitative estimate of drug-likeness (QED) is 0.758. The molecule has 0 saturated heterocycles. The Hall–Kier alpha value is -2.83. The molecule has 7 nitrogen and oxygen atoms in total. The second kappa shape index (κ2) is 8.04. The van der Waals surface area contributed by atoms with Gasteiger partial charge in [-0.3, -0.25) is 9.59 Å². The lowest BCUT2D eigenvalue weighted by atomic mass is 10.1. The van der Waals surface area contributed by atoms with Crippen molar-refractivity contribution >= 4 is 23.3 Å². The van der Waals surface area contributed by atoms with Crippen LogP contribution in [0.5, 0.6) is 0 Å². The Morgan fingerprint density at radius 2 is 2.29 bits per heavy atom. The first-order chi connectivity index (χ1) is 13.7. The second-order valence-corrected chi connectivity index (χ2v) is 7.55. The SMILES string of the molecule is CCCCN(Cc1ccco1)C(=O)c1cnc2c(c1)N(CC1CC1)C(=O)CN2. The summed E-state index contributed by atoms with van der Waals surface area (Å²) in [5.74, 6) is 1.92. The summed E-state index contributed by atoms with van der Waals surface area (Å²) in [5.41, 5.74) is 1.21. The van der Waals surface area contributed by atoms with Gasteiger partial charge in [-0.2, -0.15) is 0 Å². The molecule has 7 heteroatoms. The van der Waals surface area contributed by atoms with Gasteiger partial charge < -0.3 is 19.5 Å². The van der Waals surface area contributed by atoms with Gasteiger partial charge in [0.25, 0.3) is 5.91 Å². The Morgan fingerprint density at radius 3 is 3.00 bits per heavy atom. The van der Waals surface area contributed by atoms with Crippen molar-refractivity contribution in [2.24, 2.45) is 5.92 Å². The zero-order valence-electron chi connectivity index (χ0n) is 16.2. The Morgan fingerprint density at radius 1 is 1.43 bits per heavy atom. The maximum absolute atomic E-state index is 13.2. The van der Waals surface area contributed by atoms with Crippen LogP contribution >= 0.6 is 0 Å². The summed E-state index contributed by atoms with van der Waals surface area (Å²) >= 11 is 0. The molecule has 1 saturated carbocycles. The molecule has 0 bridgehead atoms. The van der Waals surface area contributed by atoms with Crippen molar-refractivity contribution in [3.8, 4) is 0 Å². The summed E-state index contributed by atoms with van der Waals surface area (Å²) < 4.78 is 5.43. The second-order valence-electron chi connectivity index (χ2n) is 7.55. The van der Waals surface area contributed by atoms with Crippen LogP contribution in [-0.4, -0.2) is 41.3 Å². The number of amides is 2. The van der Waals surface area contributed by atoms with Crippen LogP contribution in [0.25, 0.3) is 0 Å². The topological polar surface area (TPSA) is 78.7 Å². The number of fused-ring (bicyclic) bond motifs is 1. The molecule has 1 aliphatic heterocycles. The molecule has 1 aliphatic carbocycles. The van der Waals surface area contributed by atoms with Crippen molar-refractivity contribution in [3.63, 3.8) is 0 Å². The molecule has 2 amide bonds. The van der Waals surface area contributed by atoms with E-state index in [1.165, 1.54) is 0 Å². The van der Waals surface area contributed by atoms with E-state index in [1.54, 1.807) is 28.3 Å². The van der Waals surface area contributed by atoms with Crippen LogP contribution in [0.3, 0.4) is 0 Å². The number of anilines is 2. The number of rotatable bonds is 8. The van der Waals surface area contributed by atoms with Gasteiger partial charge in [-0.25, -0.2) is 4.98 Å². The number of furan rings is 1. The fourth-order valence-electron chi connectivity index (χ4n) is 3.43. The van der Waals surface area contributed by atoms with E-state index in [0.29, 0.717) is 42.6 Å². The highest BCUT2D eigenvalue weighted by molar-refractivity contribution is 6.04. The average Bonchev–Trinajstić information content (AvgIpc) is 3.39. The maximum atomic E-state index is 13.2. The summed E-state index contributed by atoms with van der Waals surface area (Å²) in [6.45, 7) is 4.13. The third-order valence-electron chi connectivity index (χ3n) is 5.25. The minimum absolute atomic E-state index is 0.0317. The summed E-state index contributed by atoms with van der Waals surface area (Å²) in [5, 5.41) is 3.06. The molecule has 4 rings (SSSR count). The Labute approximate surface area is 164 Å². The molecule has 0 aromatic carbocycles. The predicted molar refractivity (Wildman–Crippen MR) is 106 cm³/mol. The fraction of sp³-hybridized carbons (Fsp3) is 0.476. The molecular weight excluding hydrogens is 356 g/mol. The third-order valence-corrected chi connectivity index (χ3v) is 5.25. The lowest BCUT2D eigenvalue weighted by molar-refractivity contribution is -0.117. The van der Waals surface area contributed by atoms with E-state index in [4.69, 9.17) is 4.42 Å². The van der Waals surface area contributed by atoms with E-state index in [0.717, 1.165) is 31.4 Å². The zero-order valence-corrected chi connectivity index (χ0v) is 16.2. The van der Waals surface area contributed by atoms with E-state index in [2.05, 4.69) is 17.2 Å². The van der Waals surface area contributed by atoms with Crippen molar-refractivity contribution in [1.29, 1.82) is 0 Å². The number of nitrogens with one attached hydrogen (secondary N) is 1. The van der Waals surface area contributed by atoms with Crippen LogP contribution in [0.2, 0.25) is 0 Å². The highest BCUT2D eigenvalue weighted by atomic mass is 16.3. The average molecular weight is 382 g/mol. The van der Waals surface area contributed by atoms with E-state index in [1.807, 2.05) is 12.1 Å². The first-order valence-electron chi connectivity index (χ1n) is 10.0. The van der Waals surface area contributed by atoms with Crippen LogP contribution in [0.4, 0.5) is 11.5 Å². The van der Waals surface area contributed by atoms with Crippen molar-refractivity contribution in [1.82, 2.24) is 9.88 Å². The van der Waals surface area contributed by atoms with Gasteiger partial charge in [0.15, 0.2) is 0 Å². The van der Waals surface area contributed by atoms with Crippen LogP contribution in [-0.2, 0) is 11.3 Å². The number of hydrogen-bond donors (Lipinski definition) is 1. The number of nitrogens with zero attached hydrogens (tertiary/aromatic N) is 3. The van der Waals surface area contributed by atoms with Gasteiger partial charge in [-0.1, -0.05) is 13.3 Å². The molecule has 28 heavy (non-hydrogen) atoms. The molecular formula is C21H26N4O3. The van der Waals surface area contributed by atoms with Crippen molar-refractivity contribution in [2.45, 2.75) is 39.2 Å². The molecule has 0 radical (unpaired) electrons. The minimum Gasteiger partial charge on any atom is -0.467 e. The lowest BCUT2D eigenvalue weighted by Crippen LogP contribution is -2.41. The lowest BCUT2D eigenvalue weighted by Gasteiger charge is -2.30. The molecule has 2 aromatic rings. The standard InChI is InChI=1S/C21H26N4O3/c1-2-3-8-24(14-17-5-4-9-28-17)21(27)16-10-18-20(22-11-16)23-12-19(26)25(18)13-15-6-7-15/h4-5,9-11,15H,2-3,6-8,12-14H2,1H3,(H,22,23). The van der Waals surface area contributed by atoms with Gasteiger partial charge in [-0.05, 0) is 43.4 Å². The number of unbranched alkanes of at least 4 members (excludes halogenated alkanes) is 1. The molecule has 0 unspecified atom stereocenters. The number of carbonyl (C=O) groups is 2. The predicted octanol–water partition coefficient (Wildman–Crippen LogP) is 3.29. The largest absolute Gasteiger partial charge is 0.467 e. The van der Waals surface area contributed by atoms with Gasteiger partial charge in [-0.15, -0.1) is 0 Å². The molecule has 2 aliphatic rings. The van der Waals surface area contributed by atoms with Crippen LogP contribution in [0.15, 0.2) is 35.1 Å². The number of hydrogen-bond acceptors (Lipinski definition) is 5. The van der Waals surface area contributed by atoms with Gasteiger partial charge in [0.2, 0.25) is 5.91 Å². The summed E-state index contributed by atoms with van der Waals surface area (Å²) in [6, 6.07) is 5.50. The van der Waals surface area contributed by atoms with E-state index in [-0.39, 0.29) is 18.4 Å². The first-order valence-corrected chi connectivity index (χ1v) is 10.0. The smallest absolute Gasteiger partial charge is 0.255 e. The summed E-state index contributed by atoms with van der Waals surface area (Å²) in [7, 11) is 0. The Balaban J connectivity index is 1.58. The molecule has 2 aromatic heterocycles. The molecule has 148 valence electrons. The number of carbonyl (C=O) groups excluding carboxylic acids is 2. The van der Waals surface area contributed by atoms with Crippen LogP contribution in [0, 0.1) is 5.92 Å². The molecule has 1 N–H and O–H groups in total. The van der Waals surface area contributed by atoms with E-state index in [9.17, 15) is 9.59 Å². The van der Waals surface area contributed by atoms with E-state index >= 15 is 0 Å². The molecule has 0 spiro atoms. The highest BCUT2D eigenvalue weighted by Crippen LogP contribution is 2.35. The first kappa shape index (κ1) is 18.5. The highest BCUT2D eigenvalue weighted by Gasteiger charge is 2.32. The molecule has 0 atom stereocenters. The summed E-state index contributed by atoms with van der Waals surface area (Å²) in [6.07, 6.45) is 7.45. The third kappa shape index (κ3) is 4.03. The fourth-order valence-corrected chi connectivity index (χ4v) is 3.43. The monoisotopic (exact) mass is 382 g/mol. The normalized spacial score (nSPS) is 15.9. The van der Waals surface area contributed by atoms with Crippen molar-refractivity contribution < 1.29 is 14.0 Å². The Bertz CT molecular complexity index is 845. The zero-order chi connectivity index (χ0) is 19.5. The van der Waals surface area contributed by atoms with Gasteiger partial charge in [0.05, 0.1) is 30.6 Å². The Kier molecular flexibility index (Phi) is 5.32. The number of aromatic nitrogens is 1. The summed E-state index contributed by atoms with van der Waals surface area (Å²) in [4.78, 5) is 33.6. The maximum Gasteiger partial charge on any atom is 0.255 e. The van der Waals surface area contributed by atoms with Crippen molar-refractivity contribution in [3.05, 3.63) is 42.0 Å². The molecule has 1 fully saturated rings. The van der Waals surface area contributed by atoms with Crippen LogP contribution in [0.1, 0.15) is 48.7 Å². The van der Waals surface area contributed by atoms with Crippen LogP contribution < -0.4 is 10.2 Å².